The Hall–Kier alpha value is -1.79. The molecule has 1 amide bonds. The molecule has 2 aromatic rings. The number of ether oxygens (including phenoxy) is 1. The predicted octanol–water partition coefficient (Wildman–Crippen LogP) is 3.12. The lowest BCUT2D eigenvalue weighted by Gasteiger charge is -2.37. The second kappa shape index (κ2) is 6.37. The molecule has 0 atom stereocenters. The third-order valence-electron chi connectivity index (χ3n) is 3.78. The molecule has 4 nitrogen and oxygen atoms in total. The largest absolute Gasteiger partial charge is 0.372 e. The van der Waals surface area contributed by atoms with Crippen molar-refractivity contribution < 1.29 is 13.9 Å². The summed E-state index contributed by atoms with van der Waals surface area (Å²) in [6, 6.07) is 6.64. The second-order valence-electron chi connectivity index (χ2n) is 6.23. The van der Waals surface area contributed by atoms with Crippen LogP contribution in [0, 0.1) is 5.82 Å². The van der Waals surface area contributed by atoms with Crippen molar-refractivity contribution in [2.75, 3.05) is 19.7 Å². The van der Waals surface area contributed by atoms with E-state index in [1.165, 1.54) is 17.4 Å². The fourth-order valence-electron chi connectivity index (χ4n) is 2.65. The summed E-state index contributed by atoms with van der Waals surface area (Å²) >= 11 is 1.39. The van der Waals surface area contributed by atoms with Crippen LogP contribution in [0.5, 0.6) is 0 Å². The molecule has 0 unspecified atom stereocenters. The molecule has 0 bridgehead atoms. The first-order valence-corrected chi connectivity index (χ1v) is 8.44. The molecular formula is C17H19FN2O2S. The number of carbonyl (C=O) groups excluding carboxylic acids is 1. The lowest BCUT2D eigenvalue weighted by molar-refractivity contribution is -0.0764. The molecule has 1 fully saturated rings. The molecule has 1 aromatic heterocycles. The van der Waals surface area contributed by atoms with Gasteiger partial charge in [-0.2, -0.15) is 0 Å². The highest BCUT2D eigenvalue weighted by Gasteiger charge is 2.31. The third kappa shape index (κ3) is 3.76. The number of nitrogens with zero attached hydrogens (tertiary/aromatic N) is 2. The third-order valence-corrected chi connectivity index (χ3v) is 4.63. The van der Waals surface area contributed by atoms with Gasteiger partial charge in [-0.15, -0.1) is 11.3 Å². The zero-order valence-corrected chi connectivity index (χ0v) is 14.0. The van der Waals surface area contributed by atoms with E-state index in [2.05, 4.69) is 4.98 Å². The number of hydrogen-bond acceptors (Lipinski definition) is 4. The zero-order chi connectivity index (χ0) is 16.4. The highest BCUT2D eigenvalue weighted by atomic mass is 32.1. The fourth-order valence-corrected chi connectivity index (χ4v) is 3.44. The number of carbonyl (C=O) groups is 1. The number of aromatic nitrogens is 1. The van der Waals surface area contributed by atoms with E-state index in [4.69, 9.17) is 4.74 Å². The van der Waals surface area contributed by atoms with Gasteiger partial charge in [0, 0.05) is 24.9 Å². The summed E-state index contributed by atoms with van der Waals surface area (Å²) in [5.41, 5.74) is 0.687. The SMILES string of the molecule is CC1(C)CN(C(=O)c2csc(Cc3ccccc3F)n2)CCO1. The van der Waals surface area contributed by atoms with Gasteiger partial charge in [0.05, 0.1) is 17.2 Å². The summed E-state index contributed by atoms with van der Waals surface area (Å²) in [5.74, 6) is -0.331. The Balaban J connectivity index is 1.71. The number of hydrogen-bond donors (Lipinski definition) is 0. The number of thiazole rings is 1. The summed E-state index contributed by atoms with van der Waals surface area (Å²) in [5, 5.41) is 2.49. The van der Waals surface area contributed by atoms with Crippen LogP contribution in [-0.2, 0) is 11.2 Å². The highest BCUT2D eigenvalue weighted by molar-refractivity contribution is 7.09. The van der Waals surface area contributed by atoms with E-state index in [1.807, 2.05) is 13.8 Å². The van der Waals surface area contributed by atoms with Gasteiger partial charge in [-0.05, 0) is 25.5 Å². The van der Waals surface area contributed by atoms with E-state index in [1.54, 1.807) is 28.5 Å². The monoisotopic (exact) mass is 334 g/mol. The minimum atomic E-state index is -0.333. The van der Waals surface area contributed by atoms with Crippen molar-refractivity contribution in [3.63, 3.8) is 0 Å². The summed E-state index contributed by atoms with van der Waals surface area (Å²) in [7, 11) is 0. The van der Waals surface area contributed by atoms with Crippen LogP contribution in [0.3, 0.4) is 0 Å². The molecule has 6 heteroatoms. The van der Waals surface area contributed by atoms with Crippen molar-refractivity contribution in [1.82, 2.24) is 9.88 Å². The normalized spacial score (nSPS) is 17.3. The standard InChI is InChI=1S/C17H19FN2O2S/c1-17(2)11-20(7-8-22-17)16(21)14-10-23-15(19-14)9-12-5-3-4-6-13(12)18/h3-6,10H,7-9,11H2,1-2H3. The first-order chi connectivity index (χ1) is 10.9. The number of amides is 1. The smallest absolute Gasteiger partial charge is 0.273 e. The highest BCUT2D eigenvalue weighted by Crippen LogP contribution is 2.21. The zero-order valence-electron chi connectivity index (χ0n) is 13.2. The molecule has 0 spiro atoms. The van der Waals surface area contributed by atoms with Crippen LogP contribution < -0.4 is 0 Å². The van der Waals surface area contributed by atoms with Crippen molar-refractivity contribution in [3.05, 3.63) is 51.7 Å². The van der Waals surface area contributed by atoms with E-state index < -0.39 is 0 Å². The lowest BCUT2D eigenvalue weighted by atomic mass is 10.1. The van der Waals surface area contributed by atoms with E-state index in [9.17, 15) is 9.18 Å². The van der Waals surface area contributed by atoms with E-state index in [-0.39, 0.29) is 17.3 Å². The second-order valence-corrected chi connectivity index (χ2v) is 7.17. The maximum atomic E-state index is 13.7. The summed E-state index contributed by atoms with van der Waals surface area (Å²) in [4.78, 5) is 18.7. The van der Waals surface area contributed by atoms with Crippen molar-refractivity contribution in [1.29, 1.82) is 0 Å². The Labute approximate surface area is 138 Å². The van der Waals surface area contributed by atoms with Crippen molar-refractivity contribution in [2.45, 2.75) is 25.9 Å². The van der Waals surface area contributed by atoms with E-state index in [0.29, 0.717) is 37.4 Å². The van der Waals surface area contributed by atoms with Crippen LogP contribution in [-0.4, -0.2) is 41.1 Å². The maximum absolute atomic E-state index is 13.7. The molecular weight excluding hydrogens is 315 g/mol. The van der Waals surface area contributed by atoms with Crippen molar-refractivity contribution >= 4 is 17.2 Å². The number of halogens is 1. The number of morpholine rings is 1. The van der Waals surface area contributed by atoms with Gasteiger partial charge in [0.2, 0.25) is 0 Å². The molecule has 1 saturated heterocycles. The Kier molecular flexibility index (Phi) is 4.46. The van der Waals surface area contributed by atoms with Gasteiger partial charge in [0.25, 0.3) is 5.91 Å². The quantitative estimate of drug-likeness (QED) is 0.866. The molecule has 2 heterocycles. The van der Waals surface area contributed by atoms with Crippen LogP contribution in [0.15, 0.2) is 29.6 Å². The molecule has 0 saturated carbocycles. The molecule has 0 aliphatic carbocycles. The summed E-state index contributed by atoms with van der Waals surface area (Å²) < 4.78 is 19.3. The summed E-state index contributed by atoms with van der Waals surface area (Å²) in [6.45, 7) is 5.59. The molecule has 23 heavy (non-hydrogen) atoms. The Morgan fingerprint density at radius 3 is 2.96 bits per heavy atom. The molecule has 1 aromatic carbocycles. The van der Waals surface area contributed by atoms with Gasteiger partial charge in [-0.3, -0.25) is 4.79 Å². The molecule has 0 N–H and O–H groups in total. The van der Waals surface area contributed by atoms with Crippen LogP contribution in [0.4, 0.5) is 4.39 Å². The number of benzene rings is 1. The fraction of sp³-hybridized carbons (Fsp3) is 0.412. The van der Waals surface area contributed by atoms with Gasteiger partial charge >= 0.3 is 0 Å². The van der Waals surface area contributed by atoms with Gasteiger partial charge in [-0.1, -0.05) is 18.2 Å². The Morgan fingerprint density at radius 2 is 2.22 bits per heavy atom. The minimum Gasteiger partial charge on any atom is -0.372 e. The van der Waals surface area contributed by atoms with Crippen molar-refractivity contribution in [3.8, 4) is 0 Å². The first-order valence-electron chi connectivity index (χ1n) is 7.56. The van der Waals surface area contributed by atoms with Crippen LogP contribution in [0.1, 0.15) is 34.9 Å². The van der Waals surface area contributed by atoms with Gasteiger partial charge in [0.1, 0.15) is 11.5 Å². The molecule has 1 aliphatic heterocycles. The Bertz CT molecular complexity index is 714. The summed E-state index contributed by atoms with van der Waals surface area (Å²) in [6.07, 6.45) is 0.402. The van der Waals surface area contributed by atoms with E-state index >= 15 is 0 Å². The lowest BCUT2D eigenvalue weighted by Crippen LogP contribution is -2.50. The average Bonchev–Trinajstić information content (AvgIpc) is 2.96. The van der Waals surface area contributed by atoms with Crippen LogP contribution >= 0.6 is 11.3 Å². The van der Waals surface area contributed by atoms with Gasteiger partial charge < -0.3 is 9.64 Å². The molecule has 122 valence electrons. The average molecular weight is 334 g/mol. The Morgan fingerprint density at radius 1 is 1.43 bits per heavy atom. The van der Waals surface area contributed by atoms with Gasteiger partial charge in [0.15, 0.2) is 0 Å². The van der Waals surface area contributed by atoms with Crippen molar-refractivity contribution in [2.24, 2.45) is 0 Å². The first kappa shape index (κ1) is 16.1. The minimum absolute atomic E-state index is 0.0857. The molecule has 0 radical (unpaired) electrons. The topological polar surface area (TPSA) is 42.4 Å². The van der Waals surface area contributed by atoms with E-state index in [0.717, 1.165) is 5.01 Å². The number of rotatable bonds is 3. The maximum Gasteiger partial charge on any atom is 0.273 e. The molecule has 1 aliphatic rings. The molecule has 3 rings (SSSR count). The van der Waals surface area contributed by atoms with Crippen LogP contribution in [0.25, 0.3) is 0 Å². The van der Waals surface area contributed by atoms with Crippen LogP contribution in [0.2, 0.25) is 0 Å². The predicted molar refractivity (Wildman–Crippen MR) is 87.3 cm³/mol. The van der Waals surface area contributed by atoms with Gasteiger partial charge in [-0.25, -0.2) is 9.37 Å².